The van der Waals surface area contributed by atoms with E-state index in [1.54, 1.807) is 11.0 Å². The molecule has 1 atom stereocenters. The normalized spacial score (nSPS) is 17.9. The number of rotatable bonds is 5. The Morgan fingerprint density at radius 1 is 1.42 bits per heavy atom. The molecule has 3 rings (SSSR count). The SMILES string of the molecule is CCNC(=NCc1nncn1CC)N1CCOC(c2cnn(C)c2)C1.I. The van der Waals surface area contributed by atoms with Crippen LogP contribution in [-0.2, 0) is 24.9 Å². The minimum atomic E-state index is 0. The smallest absolute Gasteiger partial charge is 0.194 e. The van der Waals surface area contributed by atoms with Crippen molar-refractivity contribution in [3.63, 3.8) is 0 Å². The molecule has 1 N–H and O–H groups in total. The van der Waals surface area contributed by atoms with Crippen molar-refractivity contribution in [3.8, 4) is 0 Å². The minimum Gasteiger partial charge on any atom is -0.370 e. The van der Waals surface area contributed by atoms with Crippen LogP contribution in [0.15, 0.2) is 23.7 Å². The molecule has 0 aromatic carbocycles. The molecule has 1 aliphatic heterocycles. The molecule has 9 nitrogen and oxygen atoms in total. The van der Waals surface area contributed by atoms with Crippen LogP contribution in [0.4, 0.5) is 0 Å². The maximum Gasteiger partial charge on any atom is 0.194 e. The summed E-state index contributed by atoms with van der Waals surface area (Å²) in [6.07, 6.45) is 5.61. The van der Waals surface area contributed by atoms with Crippen LogP contribution in [0, 0.1) is 0 Å². The van der Waals surface area contributed by atoms with Gasteiger partial charge in [-0.05, 0) is 13.8 Å². The molecule has 2 aromatic heterocycles. The van der Waals surface area contributed by atoms with E-state index in [1.807, 2.05) is 24.0 Å². The quantitative estimate of drug-likeness (QED) is 0.398. The van der Waals surface area contributed by atoms with Crippen molar-refractivity contribution in [3.05, 3.63) is 30.1 Å². The molecule has 0 bridgehead atoms. The number of aromatic nitrogens is 5. The average Bonchev–Trinajstić information content (AvgIpc) is 3.27. The molecule has 0 amide bonds. The van der Waals surface area contributed by atoms with Crippen molar-refractivity contribution >= 4 is 29.9 Å². The molecule has 1 fully saturated rings. The van der Waals surface area contributed by atoms with Crippen LogP contribution in [0.5, 0.6) is 0 Å². The first-order chi connectivity index (χ1) is 12.2. The van der Waals surface area contributed by atoms with Gasteiger partial charge in [0, 0.05) is 38.4 Å². The number of halogens is 1. The number of morpholine rings is 1. The summed E-state index contributed by atoms with van der Waals surface area (Å²) in [4.78, 5) is 6.99. The second-order valence-corrected chi connectivity index (χ2v) is 5.96. The molecule has 144 valence electrons. The summed E-state index contributed by atoms with van der Waals surface area (Å²) < 4.78 is 9.72. The summed E-state index contributed by atoms with van der Waals surface area (Å²) in [6.45, 7) is 8.52. The summed E-state index contributed by atoms with van der Waals surface area (Å²) >= 11 is 0. The zero-order chi connectivity index (χ0) is 17.6. The van der Waals surface area contributed by atoms with Crippen molar-refractivity contribution in [2.24, 2.45) is 12.0 Å². The number of aliphatic imine (C=N–C) groups is 1. The third-order valence-corrected chi connectivity index (χ3v) is 4.20. The Morgan fingerprint density at radius 2 is 2.27 bits per heavy atom. The lowest BCUT2D eigenvalue weighted by Gasteiger charge is -2.34. The van der Waals surface area contributed by atoms with E-state index in [0.29, 0.717) is 13.2 Å². The standard InChI is InChI=1S/C16H26N8O.HI/c1-4-17-16(18-9-15-21-19-12-23(15)5-2)24-6-7-25-14(11-24)13-8-20-22(3)10-13;/h8,10,12,14H,4-7,9,11H2,1-3H3,(H,17,18);1H. The average molecular weight is 474 g/mol. The first kappa shape index (κ1) is 20.6. The highest BCUT2D eigenvalue weighted by molar-refractivity contribution is 14.0. The van der Waals surface area contributed by atoms with Crippen LogP contribution in [0.3, 0.4) is 0 Å². The third kappa shape index (κ3) is 4.93. The number of ether oxygens (including phenoxy) is 1. The molecule has 0 spiro atoms. The number of aryl methyl sites for hydroxylation is 2. The molecule has 26 heavy (non-hydrogen) atoms. The third-order valence-electron chi connectivity index (χ3n) is 4.20. The summed E-state index contributed by atoms with van der Waals surface area (Å²) in [5.74, 6) is 1.75. The fraction of sp³-hybridized carbons (Fsp3) is 0.625. The van der Waals surface area contributed by atoms with Crippen LogP contribution in [-0.4, -0.2) is 61.6 Å². The Labute approximate surface area is 170 Å². The second-order valence-electron chi connectivity index (χ2n) is 5.96. The zero-order valence-electron chi connectivity index (χ0n) is 15.5. The molecule has 10 heteroatoms. The van der Waals surface area contributed by atoms with Gasteiger partial charge in [-0.15, -0.1) is 34.2 Å². The monoisotopic (exact) mass is 474 g/mol. The van der Waals surface area contributed by atoms with Gasteiger partial charge in [-0.3, -0.25) is 4.68 Å². The first-order valence-electron chi connectivity index (χ1n) is 8.71. The largest absolute Gasteiger partial charge is 0.370 e. The molecule has 0 aliphatic carbocycles. The molecule has 3 heterocycles. The number of guanidine groups is 1. The van der Waals surface area contributed by atoms with Gasteiger partial charge < -0.3 is 19.5 Å². The molecule has 0 radical (unpaired) electrons. The van der Waals surface area contributed by atoms with E-state index in [-0.39, 0.29) is 30.1 Å². The lowest BCUT2D eigenvalue weighted by Crippen LogP contribution is -2.48. The van der Waals surface area contributed by atoms with Gasteiger partial charge in [0.15, 0.2) is 11.8 Å². The fourth-order valence-corrected chi connectivity index (χ4v) is 2.89. The summed E-state index contributed by atoms with van der Waals surface area (Å²) in [5.41, 5.74) is 1.09. The minimum absolute atomic E-state index is 0. The van der Waals surface area contributed by atoms with Gasteiger partial charge in [-0.2, -0.15) is 5.10 Å². The summed E-state index contributed by atoms with van der Waals surface area (Å²) in [7, 11) is 1.92. The van der Waals surface area contributed by atoms with Crippen molar-refractivity contribution in [2.75, 3.05) is 26.2 Å². The highest BCUT2D eigenvalue weighted by Crippen LogP contribution is 2.21. The Hall–Kier alpha value is -1.69. The van der Waals surface area contributed by atoms with E-state index >= 15 is 0 Å². The Balaban J connectivity index is 0.00000243. The molecular weight excluding hydrogens is 447 g/mol. The van der Waals surface area contributed by atoms with Gasteiger partial charge in [0.25, 0.3) is 0 Å². The molecule has 1 aliphatic rings. The van der Waals surface area contributed by atoms with Gasteiger partial charge in [-0.25, -0.2) is 4.99 Å². The van der Waals surface area contributed by atoms with E-state index in [2.05, 4.69) is 39.4 Å². The number of hydrogen-bond donors (Lipinski definition) is 1. The predicted octanol–water partition coefficient (Wildman–Crippen LogP) is 1.19. The first-order valence-corrected chi connectivity index (χ1v) is 8.71. The Bertz CT molecular complexity index is 713. The van der Waals surface area contributed by atoms with E-state index in [9.17, 15) is 0 Å². The van der Waals surface area contributed by atoms with Crippen LogP contribution >= 0.6 is 24.0 Å². The highest BCUT2D eigenvalue weighted by atomic mass is 127. The second kappa shape index (κ2) is 9.86. The molecule has 1 unspecified atom stereocenters. The zero-order valence-corrected chi connectivity index (χ0v) is 17.8. The van der Waals surface area contributed by atoms with Gasteiger partial charge in [-0.1, -0.05) is 0 Å². The van der Waals surface area contributed by atoms with Crippen molar-refractivity contribution < 1.29 is 4.74 Å². The Kier molecular flexibility index (Phi) is 7.82. The number of hydrogen-bond acceptors (Lipinski definition) is 5. The van der Waals surface area contributed by atoms with Crippen molar-refractivity contribution in [1.82, 2.24) is 34.8 Å². The topological polar surface area (TPSA) is 85.4 Å². The van der Waals surface area contributed by atoms with E-state index in [1.165, 1.54) is 0 Å². The summed E-state index contributed by atoms with van der Waals surface area (Å²) in [6, 6.07) is 0. The van der Waals surface area contributed by atoms with E-state index < -0.39 is 0 Å². The van der Waals surface area contributed by atoms with Crippen LogP contribution in [0.2, 0.25) is 0 Å². The van der Waals surface area contributed by atoms with Gasteiger partial charge in [0.05, 0.1) is 19.3 Å². The lowest BCUT2D eigenvalue weighted by molar-refractivity contribution is -0.00805. The maximum absolute atomic E-state index is 5.92. The van der Waals surface area contributed by atoms with Crippen molar-refractivity contribution in [2.45, 2.75) is 33.0 Å². The van der Waals surface area contributed by atoms with Gasteiger partial charge >= 0.3 is 0 Å². The molecular formula is C16H27IN8O. The highest BCUT2D eigenvalue weighted by Gasteiger charge is 2.25. The fourth-order valence-electron chi connectivity index (χ4n) is 2.89. The van der Waals surface area contributed by atoms with E-state index in [0.717, 1.165) is 43.5 Å². The molecule has 2 aromatic rings. The Morgan fingerprint density at radius 3 is 2.96 bits per heavy atom. The maximum atomic E-state index is 5.92. The number of nitrogens with one attached hydrogen (secondary N) is 1. The van der Waals surface area contributed by atoms with E-state index in [4.69, 9.17) is 9.73 Å². The summed E-state index contributed by atoms with van der Waals surface area (Å²) in [5, 5.41) is 15.7. The molecule has 1 saturated heterocycles. The van der Waals surface area contributed by atoms with Crippen LogP contribution in [0.1, 0.15) is 31.3 Å². The molecule has 0 saturated carbocycles. The van der Waals surface area contributed by atoms with Crippen LogP contribution in [0.25, 0.3) is 0 Å². The lowest BCUT2D eigenvalue weighted by atomic mass is 10.1. The van der Waals surface area contributed by atoms with Crippen LogP contribution < -0.4 is 5.32 Å². The van der Waals surface area contributed by atoms with Crippen molar-refractivity contribution in [1.29, 1.82) is 0 Å². The predicted molar refractivity (Wildman–Crippen MR) is 109 cm³/mol. The number of nitrogens with zero attached hydrogens (tertiary/aromatic N) is 7. The van der Waals surface area contributed by atoms with Gasteiger partial charge in [0.1, 0.15) is 19.0 Å². The van der Waals surface area contributed by atoms with Gasteiger partial charge in [0.2, 0.25) is 0 Å².